The minimum atomic E-state index is -0.505. The van der Waals surface area contributed by atoms with E-state index in [0.717, 1.165) is 5.75 Å². The second kappa shape index (κ2) is 6.83. The van der Waals surface area contributed by atoms with Crippen LogP contribution in [0.15, 0.2) is 0 Å². The van der Waals surface area contributed by atoms with E-state index in [4.69, 9.17) is 0 Å². The van der Waals surface area contributed by atoms with Crippen molar-refractivity contribution in [3.05, 3.63) is 0 Å². The first-order valence-electron chi connectivity index (χ1n) is 3.95. The highest BCUT2D eigenvalue weighted by Crippen LogP contribution is 2.02. The van der Waals surface area contributed by atoms with Crippen molar-refractivity contribution in [3.8, 4) is 0 Å². The number of thioether (sulfide) groups is 1. The lowest BCUT2D eigenvalue weighted by Gasteiger charge is -2.14. The van der Waals surface area contributed by atoms with E-state index in [2.05, 4.69) is 10.1 Å². The third-order valence-electron chi connectivity index (χ3n) is 1.47. The highest BCUT2D eigenvalue weighted by Gasteiger charge is 2.18. The predicted octanol–water partition coefficient (Wildman–Crippen LogP) is -0.376. The Morgan fingerprint density at radius 2 is 2.23 bits per heavy atom. The first-order valence-corrected chi connectivity index (χ1v) is 5.35. The van der Waals surface area contributed by atoms with E-state index < -0.39 is 6.04 Å². The zero-order valence-electron chi connectivity index (χ0n) is 8.12. The Hall–Kier alpha value is -0.645. The molecule has 0 radical (unpaired) electrons. The van der Waals surface area contributed by atoms with Gasteiger partial charge in [0, 0.05) is 0 Å². The predicted molar refractivity (Wildman–Crippen MR) is 55.9 cm³/mol. The Balaban J connectivity index is 4.02. The molecule has 1 atom stereocenters. The van der Waals surface area contributed by atoms with Gasteiger partial charge in [-0.1, -0.05) is 0 Å². The van der Waals surface area contributed by atoms with Crippen LogP contribution in [0.3, 0.4) is 0 Å². The molecule has 13 heavy (non-hydrogen) atoms. The number of hydrogen-bond acceptors (Lipinski definition) is 4. The minimum absolute atomic E-state index is 0.212. The van der Waals surface area contributed by atoms with Crippen LogP contribution in [0, 0.1) is 0 Å². The molecule has 0 fully saturated rings. The number of esters is 1. The van der Waals surface area contributed by atoms with E-state index in [0.29, 0.717) is 6.42 Å². The van der Waals surface area contributed by atoms with Crippen molar-refractivity contribution >= 4 is 31.4 Å². The molecular weight excluding hydrogens is 189 g/mol. The number of carbonyl (C=O) groups excluding carboxylic acids is 2. The van der Waals surface area contributed by atoms with Crippen LogP contribution in [-0.2, 0) is 9.53 Å². The SMILES string of the molecule is BC(=O)NC(CCSC)C(=O)OC. The van der Waals surface area contributed by atoms with Crippen LogP contribution < -0.4 is 5.32 Å². The van der Waals surface area contributed by atoms with Crippen LogP contribution in [0.5, 0.6) is 0 Å². The van der Waals surface area contributed by atoms with Gasteiger partial charge >= 0.3 is 5.97 Å². The van der Waals surface area contributed by atoms with E-state index in [9.17, 15) is 9.59 Å². The summed E-state index contributed by atoms with van der Waals surface area (Å²) in [5.74, 6) is 0.223. The van der Waals surface area contributed by atoms with E-state index in [1.54, 1.807) is 11.8 Å². The fourth-order valence-corrected chi connectivity index (χ4v) is 1.34. The molecule has 4 nitrogen and oxygen atoms in total. The Labute approximate surface area is 83.2 Å². The first kappa shape index (κ1) is 12.4. The lowest BCUT2D eigenvalue weighted by Crippen LogP contribution is -2.41. The van der Waals surface area contributed by atoms with Gasteiger partial charge in [-0.3, -0.25) is 4.79 Å². The molecule has 1 N–H and O–H groups in total. The molecule has 0 saturated carbocycles. The molecular formula is C7H14BNO3S. The smallest absolute Gasteiger partial charge is 0.328 e. The molecule has 0 heterocycles. The summed E-state index contributed by atoms with van der Waals surface area (Å²) in [5.41, 5.74) is 0. The number of rotatable bonds is 5. The summed E-state index contributed by atoms with van der Waals surface area (Å²) in [4.78, 5) is 21.8. The second-order valence-corrected chi connectivity index (χ2v) is 3.54. The second-order valence-electron chi connectivity index (χ2n) is 2.56. The zero-order chi connectivity index (χ0) is 10.3. The molecule has 0 aromatic carbocycles. The van der Waals surface area contributed by atoms with Crippen molar-refractivity contribution in [2.45, 2.75) is 12.5 Å². The van der Waals surface area contributed by atoms with Gasteiger partial charge in [0.1, 0.15) is 6.04 Å². The highest BCUT2D eigenvalue weighted by atomic mass is 32.2. The maximum atomic E-state index is 11.1. The summed E-state index contributed by atoms with van der Waals surface area (Å²) in [7, 11) is 2.70. The minimum Gasteiger partial charge on any atom is -0.467 e. The third kappa shape index (κ3) is 5.57. The van der Waals surface area contributed by atoms with Crippen molar-refractivity contribution in [1.82, 2.24) is 5.32 Å². The Morgan fingerprint density at radius 1 is 1.62 bits per heavy atom. The van der Waals surface area contributed by atoms with Gasteiger partial charge in [-0.25, -0.2) is 4.79 Å². The number of amides is 1. The van der Waals surface area contributed by atoms with Crippen molar-refractivity contribution in [3.63, 3.8) is 0 Å². The summed E-state index contributed by atoms with van der Waals surface area (Å²) >= 11 is 1.63. The lowest BCUT2D eigenvalue weighted by atomic mass is 10.1. The highest BCUT2D eigenvalue weighted by molar-refractivity contribution is 7.98. The average Bonchev–Trinajstić information content (AvgIpc) is 2.10. The van der Waals surface area contributed by atoms with Crippen LogP contribution in [0.1, 0.15) is 6.42 Å². The summed E-state index contributed by atoms with van der Waals surface area (Å²) in [6.45, 7) is 0. The van der Waals surface area contributed by atoms with E-state index in [1.165, 1.54) is 15.0 Å². The lowest BCUT2D eigenvalue weighted by molar-refractivity contribution is -0.142. The standard InChI is InChI=1S/C7H14BNO3S/c1-12-6(10)5(3-4-13-2)9-7(8)11/h5H,3-4,8H2,1-2H3,(H,9,11). The number of hydrogen-bond donors (Lipinski definition) is 1. The Kier molecular flexibility index (Phi) is 6.49. The zero-order valence-corrected chi connectivity index (χ0v) is 8.94. The molecule has 0 aliphatic rings. The number of carbonyl (C=O) groups is 2. The largest absolute Gasteiger partial charge is 0.467 e. The van der Waals surface area contributed by atoms with Gasteiger partial charge in [-0.05, 0) is 18.4 Å². The van der Waals surface area contributed by atoms with Crippen LogP contribution in [0.25, 0.3) is 0 Å². The molecule has 0 rings (SSSR count). The van der Waals surface area contributed by atoms with Gasteiger partial charge in [0.25, 0.3) is 0 Å². The van der Waals surface area contributed by atoms with Gasteiger partial charge in [-0.15, -0.1) is 0 Å². The van der Waals surface area contributed by atoms with Gasteiger partial charge in [0.2, 0.25) is 7.85 Å². The molecule has 6 heteroatoms. The molecule has 0 spiro atoms. The maximum absolute atomic E-state index is 11.1. The average molecular weight is 203 g/mol. The maximum Gasteiger partial charge on any atom is 0.328 e. The van der Waals surface area contributed by atoms with E-state index >= 15 is 0 Å². The fraction of sp³-hybridized carbons (Fsp3) is 0.714. The molecule has 1 amide bonds. The third-order valence-corrected chi connectivity index (χ3v) is 2.12. The van der Waals surface area contributed by atoms with E-state index in [1.807, 2.05) is 6.26 Å². The summed E-state index contributed by atoms with van der Waals surface area (Å²) < 4.78 is 4.55. The van der Waals surface area contributed by atoms with Gasteiger partial charge in [0.15, 0.2) is 5.81 Å². The summed E-state index contributed by atoms with van der Waals surface area (Å²) in [6, 6.07) is -0.505. The topological polar surface area (TPSA) is 55.4 Å². The molecule has 0 aromatic rings. The molecule has 0 bridgehead atoms. The molecule has 0 aliphatic heterocycles. The first-order chi connectivity index (χ1) is 6.11. The fourth-order valence-electron chi connectivity index (χ4n) is 0.872. The monoisotopic (exact) mass is 203 g/mol. The van der Waals surface area contributed by atoms with Gasteiger partial charge < -0.3 is 10.1 Å². The Morgan fingerprint density at radius 3 is 2.62 bits per heavy atom. The molecule has 0 saturated heterocycles. The van der Waals surface area contributed by atoms with Gasteiger partial charge in [0.05, 0.1) is 7.11 Å². The Bertz CT molecular complexity index is 189. The number of ether oxygens (including phenoxy) is 1. The molecule has 1 unspecified atom stereocenters. The number of methoxy groups -OCH3 is 1. The van der Waals surface area contributed by atoms with Crippen LogP contribution >= 0.6 is 11.8 Å². The van der Waals surface area contributed by atoms with Crippen molar-refractivity contribution in [2.75, 3.05) is 19.1 Å². The summed E-state index contributed by atoms with van der Waals surface area (Å²) in [5, 5.41) is 2.54. The van der Waals surface area contributed by atoms with Crippen molar-refractivity contribution < 1.29 is 14.3 Å². The molecule has 74 valence electrons. The normalized spacial score (nSPS) is 11.8. The quantitative estimate of drug-likeness (QED) is 0.489. The van der Waals surface area contributed by atoms with E-state index in [-0.39, 0.29) is 11.8 Å². The van der Waals surface area contributed by atoms with Gasteiger partial charge in [-0.2, -0.15) is 11.8 Å². The number of nitrogens with one attached hydrogen (secondary N) is 1. The van der Waals surface area contributed by atoms with Crippen LogP contribution in [0.2, 0.25) is 0 Å². The van der Waals surface area contributed by atoms with Crippen LogP contribution in [-0.4, -0.2) is 44.8 Å². The van der Waals surface area contributed by atoms with Crippen molar-refractivity contribution in [1.29, 1.82) is 0 Å². The molecule has 0 aromatic heterocycles. The van der Waals surface area contributed by atoms with Crippen molar-refractivity contribution in [2.24, 2.45) is 0 Å². The molecule has 0 aliphatic carbocycles. The van der Waals surface area contributed by atoms with Crippen LogP contribution in [0.4, 0.5) is 4.79 Å². The summed E-state index contributed by atoms with van der Waals surface area (Å²) in [6.07, 6.45) is 2.55.